The minimum absolute atomic E-state index is 0.285. The molecule has 4 rings (SSSR count). The van der Waals surface area contributed by atoms with Crippen molar-refractivity contribution in [1.29, 1.82) is 0 Å². The van der Waals surface area contributed by atoms with Crippen molar-refractivity contribution in [2.75, 3.05) is 6.67 Å². The predicted octanol–water partition coefficient (Wildman–Crippen LogP) is 6.81. The Balaban J connectivity index is 0.000000189. The summed E-state index contributed by atoms with van der Waals surface area (Å²) in [6, 6.07) is 16.7. The molecule has 0 atom stereocenters. The molecule has 0 N–H and O–H groups in total. The van der Waals surface area contributed by atoms with Gasteiger partial charge in [0.1, 0.15) is 11.6 Å². The number of hydrogen-bond acceptors (Lipinski definition) is 2. The molecule has 4 heterocycles. The highest BCUT2D eigenvalue weighted by atomic mass is 19.1. The third kappa shape index (κ3) is 5.98. The van der Waals surface area contributed by atoms with Crippen LogP contribution in [0.5, 0.6) is 0 Å². The highest BCUT2D eigenvalue weighted by molar-refractivity contribution is 5.36. The molecule has 0 unspecified atom stereocenters. The smallest absolute Gasteiger partial charge is 0.137 e. The van der Waals surface area contributed by atoms with Crippen LogP contribution in [0, 0.1) is 48.5 Å². The van der Waals surface area contributed by atoms with Crippen molar-refractivity contribution in [2.24, 2.45) is 0 Å². The van der Waals surface area contributed by atoms with E-state index >= 15 is 0 Å². The first-order chi connectivity index (χ1) is 15.7. The highest BCUT2D eigenvalue weighted by Crippen LogP contribution is 2.18. The maximum atomic E-state index is 12.2. The first-order valence-corrected chi connectivity index (χ1v) is 11.5. The molecular formula is C28H35FN4. The molecule has 0 aliphatic carbocycles. The molecule has 5 heteroatoms. The Morgan fingerprint density at radius 3 is 1.55 bits per heavy atom. The molecule has 4 aromatic heterocycles. The van der Waals surface area contributed by atoms with E-state index in [1.807, 2.05) is 13.0 Å². The van der Waals surface area contributed by atoms with Crippen LogP contribution in [0.1, 0.15) is 51.7 Å². The Morgan fingerprint density at radius 1 is 0.636 bits per heavy atom. The zero-order chi connectivity index (χ0) is 24.1. The van der Waals surface area contributed by atoms with Crippen LogP contribution in [0.2, 0.25) is 0 Å². The first kappa shape index (κ1) is 24.4. The summed E-state index contributed by atoms with van der Waals surface area (Å²) in [5.74, 6) is 1.95. The van der Waals surface area contributed by atoms with Crippen molar-refractivity contribution in [3.8, 4) is 11.6 Å². The molecule has 4 aromatic rings. The third-order valence-corrected chi connectivity index (χ3v) is 5.66. The molecule has 33 heavy (non-hydrogen) atoms. The molecule has 0 saturated heterocycles. The number of rotatable bonds is 5. The second-order valence-electron chi connectivity index (χ2n) is 8.83. The van der Waals surface area contributed by atoms with E-state index in [9.17, 15) is 4.39 Å². The Morgan fingerprint density at radius 2 is 1.09 bits per heavy atom. The van der Waals surface area contributed by atoms with Gasteiger partial charge in [-0.1, -0.05) is 0 Å². The summed E-state index contributed by atoms with van der Waals surface area (Å²) in [4.78, 5) is 9.19. The zero-order valence-corrected chi connectivity index (χ0v) is 20.9. The number of alkyl halides is 1. The van der Waals surface area contributed by atoms with Gasteiger partial charge in [0.15, 0.2) is 0 Å². The van der Waals surface area contributed by atoms with Gasteiger partial charge < -0.3 is 9.13 Å². The molecule has 4 nitrogen and oxygen atoms in total. The summed E-state index contributed by atoms with van der Waals surface area (Å²) in [6.45, 7) is 14.2. The van der Waals surface area contributed by atoms with Gasteiger partial charge in [-0.15, -0.1) is 0 Å². The summed E-state index contributed by atoms with van der Waals surface area (Å²) < 4.78 is 16.6. The Kier molecular flexibility index (Phi) is 7.85. The summed E-state index contributed by atoms with van der Waals surface area (Å²) in [5, 5.41) is 0. The topological polar surface area (TPSA) is 35.6 Å². The van der Waals surface area contributed by atoms with E-state index in [4.69, 9.17) is 0 Å². The maximum absolute atomic E-state index is 12.2. The highest BCUT2D eigenvalue weighted by Gasteiger charge is 2.08. The molecule has 0 aromatic carbocycles. The van der Waals surface area contributed by atoms with E-state index in [-0.39, 0.29) is 6.67 Å². The van der Waals surface area contributed by atoms with Crippen LogP contribution in [0.25, 0.3) is 11.6 Å². The van der Waals surface area contributed by atoms with Crippen molar-refractivity contribution in [2.45, 2.75) is 61.3 Å². The van der Waals surface area contributed by atoms with Gasteiger partial charge in [-0.25, -0.2) is 9.97 Å². The number of hydrogen-bond donors (Lipinski definition) is 0. The summed E-state index contributed by atoms with van der Waals surface area (Å²) in [5.41, 5.74) is 9.25. The monoisotopic (exact) mass is 446 g/mol. The molecule has 0 amide bonds. The van der Waals surface area contributed by atoms with Gasteiger partial charge in [0.25, 0.3) is 0 Å². The van der Waals surface area contributed by atoms with Crippen molar-refractivity contribution >= 4 is 0 Å². The lowest BCUT2D eigenvalue weighted by atomic mass is 10.2. The Hall–Kier alpha value is -3.21. The van der Waals surface area contributed by atoms with E-state index in [2.05, 4.69) is 103 Å². The van der Waals surface area contributed by atoms with Crippen molar-refractivity contribution in [3.63, 3.8) is 0 Å². The quantitative estimate of drug-likeness (QED) is 0.338. The largest absolute Gasteiger partial charge is 0.303 e. The minimum Gasteiger partial charge on any atom is -0.303 e. The molecule has 0 spiro atoms. The van der Waals surface area contributed by atoms with Crippen molar-refractivity contribution in [3.05, 3.63) is 93.8 Å². The number of aromatic nitrogens is 4. The van der Waals surface area contributed by atoms with Gasteiger partial charge in [0, 0.05) is 34.2 Å². The Bertz CT molecular complexity index is 1170. The van der Waals surface area contributed by atoms with Crippen LogP contribution in [0.4, 0.5) is 4.39 Å². The maximum Gasteiger partial charge on any atom is 0.137 e. The van der Waals surface area contributed by atoms with Gasteiger partial charge in [-0.2, -0.15) is 0 Å². The third-order valence-electron chi connectivity index (χ3n) is 5.66. The predicted molar refractivity (Wildman–Crippen MR) is 135 cm³/mol. The lowest BCUT2D eigenvalue weighted by Crippen LogP contribution is -2.04. The molecule has 0 aliphatic rings. The van der Waals surface area contributed by atoms with Gasteiger partial charge in [0.2, 0.25) is 0 Å². The minimum atomic E-state index is -0.285. The van der Waals surface area contributed by atoms with Crippen molar-refractivity contribution in [1.82, 2.24) is 19.1 Å². The fourth-order valence-corrected chi connectivity index (χ4v) is 4.20. The lowest BCUT2D eigenvalue weighted by molar-refractivity contribution is 0.471. The normalized spacial score (nSPS) is 10.8. The number of halogens is 1. The average molecular weight is 447 g/mol. The summed E-state index contributed by atoms with van der Waals surface area (Å²) in [7, 11) is 0. The first-order valence-electron chi connectivity index (χ1n) is 11.5. The SMILES string of the molecule is Cc1cc(C)nc(-n2c(C)ccc2C)c1.Cc1cc(CCCF)nc(-n2c(C)ccc2C)c1. The molecule has 0 bridgehead atoms. The van der Waals surface area contributed by atoms with Crippen LogP contribution < -0.4 is 0 Å². The number of pyridine rings is 2. The number of nitrogens with zero attached hydrogens (tertiary/aromatic N) is 4. The summed E-state index contributed by atoms with van der Waals surface area (Å²) >= 11 is 0. The summed E-state index contributed by atoms with van der Waals surface area (Å²) in [6.07, 6.45) is 1.24. The van der Waals surface area contributed by atoms with Crippen LogP contribution in [-0.2, 0) is 6.42 Å². The molecule has 0 aliphatic heterocycles. The fraction of sp³-hybridized carbons (Fsp3) is 0.357. The van der Waals surface area contributed by atoms with E-state index in [0.29, 0.717) is 12.8 Å². The van der Waals surface area contributed by atoms with Crippen LogP contribution in [0.15, 0.2) is 48.5 Å². The van der Waals surface area contributed by atoms with Gasteiger partial charge in [-0.3, -0.25) is 4.39 Å². The second-order valence-corrected chi connectivity index (χ2v) is 8.83. The molecular weight excluding hydrogens is 411 g/mol. The number of aryl methyl sites for hydroxylation is 8. The van der Waals surface area contributed by atoms with E-state index in [1.54, 1.807) is 0 Å². The van der Waals surface area contributed by atoms with Crippen molar-refractivity contribution < 1.29 is 4.39 Å². The van der Waals surface area contributed by atoms with E-state index in [1.165, 1.54) is 33.9 Å². The second kappa shape index (κ2) is 10.6. The Labute approximate surface area is 197 Å². The molecule has 174 valence electrons. The van der Waals surface area contributed by atoms with Gasteiger partial charge in [0.05, 0.1) is 6.67 Å². The van der Waals surface area contributed by atoms with E-state index in [0.717, 1.165) is 23.0 Å². The van der Waals surface area contributed by atoms with Crippen LogP contribution in [-0.4, -0.2) is 25.8 Å². The standard InChI is InChI=1S/C15H19FN2.C13H16N2/c1-11-9-14(5-4-8-16)17-15(10-11)18-12(2)6-7-13(18)3;1-9-7-10(2)14-13(8-9)15-11(3)5-6-12(15)4/h6-7,9-10H,4-5,8H2,1-3H3;5-8H,1-4H3. The zero-order valence-electron chi connectivity index (χ0n) is 20.9. The average Bonchev–Trinajstić information content (AvgIpc) is 3.26. The van der Waals surface area contributed by atoms with Crippen LogP contribution in [0.3, 0.4) is 0 Å². The fourth-order valence-electron chi connectivity index (χ4n) is 4.20. The molecule has 0 fully saturated rings. The molecule has 0 saturated carbocycles. The van der Waals surface area contributed by atoms with Gasteiger partial charge >= 0.3 is 0 Å². The van der Waals surface area contributed by atoms with Crippen LogP contribution >= 0.6 is 0 Å². The molecule has 0 radical (unpaired) electrons. The van der Waals surface area contributed by atoms with Gasteiger partial charge in [-0.05, 0) is 121 Å². The van der Waals surface area contributed by atoms with E-state index < -0.39 is 0 Å². The lowest BCUT2D eigenvalue weighted by Gasteiger charge is -2.11.